The lowest BCUT2D eigenvalue weighted by Crippen LogP contribution is -2.33. The maximum atomic E-state index is 12.9. The van der Waals surface area contributed by atoms with Gasteiger partial charge in [0.1, 0.15) is 11.3 Å². The van der Waals surface area contributed by atoms with Gasteiger partial charge in [-0.05, 0) is 24.3 Å². The van der Waals surface area contributed by atoms with E-state index in [1.54, 1.807) is 7.11 Å². The summed E-state index contributed by atoms with van der Waals surface area (Å²) in [6.45, 7) is 3.26. The van der Waals surface area contributed by atoms with E-state index in [2.05, 4.69) is 9.88 Å². The summed E-state index contributed by atoms with van der Waals surface area (Å²) < 4.78 is 11.3. The minimum atomic E-state index is 0.0512. The molecule has 3 heterocycles. The van der Waals surface area contributed by atoms with E-state index < -0.39 is 0 Å². The van der Waals surface area contributed by atoms with Gasteiger partial charge in [0.15, 0.2) is 5.58 Å². The highest BCUT2D eigenvalue weighted by Crippen LogP contribution is 2.35. The zero-order valence-electron chi connectivity index (χ0n) is 15.2. The number of hydrogen-bond acceptors (Lipinski definition) is 5. The van der Waals surface area contributed by atoms with Crippen molar-refractivity contribution in [2.24, 2.45) is 11.8 Å². The Hall–Kier alpha value is -3.02. The fraction of sp³-hybridized carbons (Fsp3) is 0.333. The summed E-state index contributed by atoms with van der Waals surface area (Å²) in [5.41, 5.74) is 2.34. The van der Waals surface area contributed by atoms with Gasteiger partial charge in [0.05, 0.1) is 12.7 Å². The highest BCUT2D eigenvalue weighted by molar-refractivity contribution is 5.97. The van der Waals surface area contributed by atoms with Crippen molar-refractivity contribution in [3.05, 3.63) is 54.1 Å². The number of benzene rings is 2. The lowest BCUT2D eigenvalue weighted by Gasteiger charge is -2.21. The van der Waals surface area contributed by atoms with Crippen LogP contribution in [0.15, 0.2) is 52.9 Å². The maximum Gasteiger partial charge on any atom is 0.298 e. The third kappa shape index (κ3) is 2.72. The Kier molecular flexibility index (Phi) is 3.77. The molecular weight excluding hydrogens is 342 g/mol. The van der Waals surface area contributed by atoms with Gasteiger partial charge in [-0.1, -0.05) is 24.3 Å². The fourth-order valence-electron chi connectivity index (χ4n) is 4.30. The Bertz CT molecular complexity index is 952. The summed E-state index contributed by atoms with van der Waals surface area (Å²) in [7, 11) is 1.60. The number of rotatable bonds is 3. The molecule has 2 saturated heterocycles. The van der Waals surface area contributed by atoms with Crippen LogP contribution in [-0.2, 0) is 0 Å². The molecule has 138 valence electrons. The molecule has 0 radical (unpaired) electrons. The first-order chi connectivity index (χ1) is 13.2. The molecule has 2 fully saturated rings. The molecule has 2 aliphatic heterocycles. The molecule has 0 saturated carbocycles. The van der Waals surface area contributed by atoms with Gasteiger partial charge in [-0.2, -0.15) is 4.98 Å². The van der Waals surface area contributed by atoms with E-state index in [0.29, 0.717) is 29.2 Å². The second-order valence-corrected chi connectivity index (χ2v) is 7.30. The van der Waals surface area contributed by atoms with Gasteiger partial charge in [-0.25, -0.2) is 0 Å². The standard InChI is InChI=1S/C21H21N3O3/c1-26-18-8-4-2-6-16(18)20(25)23-10-14-12-24(13-15(14)11-23)21-22-17-7-3-5-9-19(17)27-21/h2-9,14-15H,10-13H2,1H3. The predicted molar refractivity (Wildman–Crippen MR) is 102 cm³/mol. The van der Waals surface area contributed by atoms with E-state index in [9.17, 15) is 4.79 Å². The Morgan fingerprint density at radius 2 is 1.74 bits per heavy atom. The third-order valence-corrected chi connectivity index (χ3v) is 5.66. The number of aromatic nitrogens is 1. The number of para-hydroxylation sites is 3. The lowest BCUT2D eigenvalue weighted by molar-refractivity contribution is 0.0779. The van der Waals surface area contributed by atoms with Crippen LogP contribution in [0.5, 0.6) is 5.75 Å². The van der Waals surface area contributed by atoms with Gasteiger partial charge in [0, 0.05) is 38.0 Å². The van der Waals surface area contributed by atoms with Crippen LogP contribution in [0, 0.1) is 11.8 Å². The zero-order valence-corrected chi connectivity index (χ0v) is 15.2. The van der Waals surface area contributed by atoms with Gasteiger partial charge in [-0.15, -0.1) is 0 Å². The van der Waals surface area contributed by atoms with Crippen LogP contribution >= 0.6 is 0 Å². The number of carbonyl (C=O) groups is 1. The number of carbonyl (C=O) groups excluding carboxylic acids is 1. The highest BCUT2D eigenvalue weighted by atomic mass is 16.5. The zero-order chi connectivity index (χ0) is 18.4. The molecule has 3 aromatic rings. The van der Waals surface area contributed by atoms with Crippen molar-refractivity contribution in [2.45, 2.75) is 0 Å². The van der Waals surface area contributed by atoms with Crippen LogP contribution in [0.1, 0.15) is 10.4 Å². The summed E-state index contributed by atoms with van der Waals surface area (Å²) in [5.74, 6) is 1.57. The normalized spacial score (nSPS) is 21.7. The Morgan fingerprint density at radius 3 is 2.48 bits per heavy atom. The molecule has 0 bridgehead atoms. The quantitative estimate of drug-likeness (QED) is 0.716. The van der Waals surface area contributed by atoms with Crippen LogP contribution in [0.4, 0.5) is 6.01 Å². The van der Waals surface area contributed by atoms with Crippen molar-refractivity contribution < 1.29 is 13.9 Å². The number of likely N-dealkylation sites (tertiary alicyclic amines) is 1. The number of amides is 1. The summed E-state index contributed by atoms with van der Waals surface area (Å²) in [6, 6.07) is 15.9. The molecule has 2 unspecified atom stereocenters. The van der Waals surface area contributed by atoms with E-state index in [1.165, 1.54) is 0 Å². The van der Waals surface area contributed by atoms with Crippen molar-refractivity contribution >= 4 is 23.0 Å². The van der Waals surface area contributed by atoms with Crippen LogP contribution in [-0.4, -0.2) is 49.1 Å². The molecule has 6 heteroatoms. The number of fused-ring (bicyclic) bond motifs is 2. The van der Waals surface area contributed by atoms with Crippen LogP contribution in [0.2, 0.25) is 0 Å². The monoisotopic (exact) mass is 363 g/mol. The first-order valence-corrected chi connectivity index (χ1v) is 9.26. The number of nitrogens with zero attached hydrogens (tertiary/aromatic N) is 3. The molecule has 1 amide bonds. The van der Waals surface area contributed by atoms with E-state index in [1.807, 2.05) is 53.4 Å². The van der Waals surface area contributed by atoms with Crippen molar-refractivity contribution in [2.75, 3.05) is 38.2 Å². The second-order valence-electron chi connectivity index (χ2n) is 7.30. The van der Waals surface area contributed by atoms with Gasteiger partial charge in [0.2, 0.25) is 0 Å². The molecule has 1 aromatic heterocycles. The Labute approximate surface area is 157 Å². The number of ether oxygens (including phenoxy) is 1. The van der Waals surface area contributed by atoms with Crippen LogP contribution < -0.4 is 9.64 Å². The summed E-state index contributed by atoms with van der Waals surface area (Å²) in [5, 5.41) is 0. The third-order valence-electron chi connectivity index (χ3n) is 5.66. The molecule has 0 N–H and O–H groups in total. The number of methoxy groups -OCH3 is 1. The summed E-state index contributed by atoms with van der Waals surface area (Å²) in [6.07, 6.45) is 0. The molecule has 0 aliphatic carbocycles. The number of hydrogen-bond donors (Lipinski definition) is 0. The minimum absolute atomic E-state index is 0.0512. The van der Waals surface area contributed by atoms with Crippen molar-refractivity contribution in [3.63, 3.8) is 0 Å². The molecule has 0 spiro atoms. The first-order valence-electron chi connectivity index (χ1n) is 9.26. The highest BCUT2D eigenvalue weighted by Gasteiger charge is 2.43. The molecule has 6 nitrogen and oxygen atoms in total. The van der Waals surface area contributed by atoms with E-state index >= 15 is 0 Å². The van der Waals surface area contributed by atoms with Crippen LogP contribution in [0.3, 0.4) is 0 Å². The number of oxazole rings is 1. The van der Waals surface area contributed by atoms with E-state index in [0.717, 1.165) is 37.3 Å². The molecule has 5 rings (SSSR count). The van der Waals surface area contributed by atoms with Gasteiger partial charge >= 0.3 is 0 Å². The van der Waals surface area contributed by atoms with E-state index in [4.69, 9.17) is 9.15 Å². The maximum absolute atomic E-state index is 12.9. The predicted octanol–water partition coefficient (Wildman–Crippen LogP) is 3.04. The molecular formula is C21H21N3O3. The smallest absolute Gasteiger partial charge is 0.298 e. The second kappa shape index (κ2) is 6.30. The average Bonchev–Trinajstić information content (AvgIpc) is 3.39. The topological polar surface area (TPSA) is 58.8 Å². The molecule has 27 heavy (non-hydrogen) atoms. The van der Waals surface area contributed by atoms with Crippen molar-refractivity contribution in [1.29, 1.82) is 0 Å². The average molecular weight is 363 g/mol. The Morgan fingerprint density at radius 1 is 1.04 bits per heavy atom. The molecule has 2 aliphatic rings. The van der Waals surface area contributed by atoms with Gasteiger partial charge < -0.3 is 19.0 Å². The van der Waals surface area contributed by atoms with Crippen molar-refractivity contribution in [1.82, 2.24) is 9.88 Å². The lowest BCUT2D eigenvalue weighted by atomic mass is 10.0. The molecule has 2 atom stereocenters. The van der Waals surface area contributed by atoms with Gasteiger partial charge in [0.25, 0.3) is 11.9 Å². The van der Waals surface area contributed by atoms with E-state index in [-0.39, 0.29) is 5.91 Å². The van der Waals surface area contributed by atoms with Crippen molar-refractivity contribution in [3.8, 4) is 5.75 Å². The fourth-order valence-corrected chi connectivity index (χ4v) is 4.30. The first kappa shape index (κ1) is 16.2. The summed E-state index contributed by atoms with van der Waals surface area (Å²) >= 11 is 0. The largest absolute Gasteiger partial charge is 0.496 e. The number of anilines is 1. The Balaban J connectivity index is 1.30. The SMILES string of the molecule is COc1ccccc1C(=O)N1CC2CN(c3nc4ccccc4o3)CC2C1. The van der Waals surface area contributed by atoms with Gasteiger partial charge in [-0.3, -0.25) is 4.79 Å². The summed E-state index contributed by atoms with van der Waals surface area (Å²) in [4.78, 5) is 21.7. The minimum Gasteiger partial charge on any atom is -0.496 e. The molecule has 2 aromatic carbocycles. The van der Waals surface area contributed by atoms with Crippen LogP contribution in [0.25, 0.3) is 11.1 Å².